The average Bonchev–Trinajstić information content (AvgIpc) is 3.13. The van der Waals surface area contributed by atoms with Gasteiger partial charge >= 0.3 is 6.36 Å². The van der Waals surface area contributed by atoms with Crippen LogP contribution in [0.5, 0.6) is 5.75 Å². The number of hydrogen-bond donors (Lipinski definition) is 1. The zero-order valence-corrected chi connectivity index (χ0v) is 20.1. The second kappa shape index (κ2) is 11.0. The van der Waals surface area contributed by atoms with Crippen molar-refractivity contribution in [3.8, 4) is 5.75 Å². The summed E-state index contributed by atoms with van der Waals surface area (Å²) in [4.78, 5) is 25.7. The van der Waals surface area contributed by atoms with Gasteiger partial charge in [-0.15, -0.1) is 13.2 Å². The summed E-state index contributed by atoms with van der Waals surface area (Å²) < 4.78 is 55.2. The molecular weight excluding hydrogens is 467 g/mol. The number of aryl methyl sites for hydroxylation is 1. The highest BCUT2D eigenvalue weighted by Gasteiger charge is 2.32. The Balaban J connectivity index is 2.03. The van der Waals surface area contributed by atoms with Crippen LogP contribution in [0.4, 0.5) is 13.2 Å². The Bertz CT molecular complexity index is 1150. The van der Waals surface area contributed by atoms with Crippen LogP contribution in [0.15, 0.2) is 30.6 Å². The lowest BCUT2D eigenvalue weighted by Gasteiger charge is -2.25. The van der Waals surface area contributed by atoms with Crippen molar-refractivity contribution in [2.24, 2.45) is 0 Å². The molecule has 3 rings (SSSR count). The number of hydrogen-bond acceptors (Lipinski definition) is 7. The van der Waals surface area contributed by atoms with Gasteiger partial charge in [0.15, 0.2) is 0 Å². The van der Waals surface area contributed by atoms with Crippen molar-refractivity contribution >= 4 is 16.9 Å². The number of benzene rings is 1. The minimum atomic E-state index is -4.83. The van der Waals surface area contributed by atoms with Crippen LogP contribution in [0.1, 0.15) is 48.8 Å². The monoisotopic (exact) mass is 495 g/mol. The number of fused-ring (bicyclic) bond motifs is 1. The lowest BCUT2D eigenvalue weighted by Crippen LogP contribution is -2.38. The number of rotatable bonds is 10. The molecule has 0 saturated heterocycles. The van der Waals surface area contributed by atoms with Gasteiger partial charge in [-0.3, -0.25) is 9.78 Å². The quantitative estimate of drug-likeness (QED) is 0.454. The molecule has 2 aromatic heterocycles. The minimum Gasteiger partial charge on any atom is -0.406 e. The first kappa shape index (κ1) is 26.4. The normalized spacial score (nSPS) is 13.7. The summed E-state index contributed by atoms with van der Waals surface area (Å²) in [7, 11) is 1.49. The molecule has 0 aliphatic rings. The Morgan fingerprint density at radius 2 is 1.91 bits per heavy atom. The molecule has 35 heavy (non-hydrogen) atoms. The van der Waals surface area contributed by atoms with Gasteiger partial charge in [-0.05, 0) is 39.8 Å². The summed E-state index contributed by atoms with van der Waals surface area (Å²) in [6.45, 7) is 7.96. The molecule has 1 aromatic carbocycles. The number of ether oxygens (including phenoxy) is 3. The third-order valence-electron chi connectivity index (χ3n) is 5.17. The van der Waals surface area contributed by atoms with Crippen molar-refractivity contribution in [1.82, 2.24) is 24.8 Å². The van der Waals surface area contributed by atoms with Crippen molar-refractivity contribution in [1.29, 1.82) is 0 Å². The molecule has 0 saturated carbocycles. The van der Waals surface area contributed by atoms with Gasteiger partial charge in [-0.2, -0.15) is 0 Å². The third kappa shape index (κ3) is 6.89. The number of amides is 1. The molecule has 0 aliphatic carbocycles. The summed E-state index contributed by atoms with van der Waals surface area (Å²) in [6.07, 6.45) is -2.55. The molecule has 190 valence electrons. The SMILES string of the molecule is CO[C@H](C)[C@H](NC(=O)c1cnc(C)cn1)c1nc2cc(OC(F)(F)F)ccc2n1CCOC(C)C. The van der Waals surface area contributed by atoms with Gasteiger partial charge in [0.2, 0.25) is 0 Å². The molecule has 0 aliphatic heterocycles. The standard InChI is InChI=1S/C23H28F3N5O4/c1-13(2)34-9-8-31-19-7-6-16(35-23(24,25)26)10-17(19)29-21(31)20(15(4)33-5)30-22(32)18-12-27-14(3)11-28-18/h6-7,10-13,15,20H,8-9H2,1-5H3,(H,30,32)/t15-,20+/m1/s1. The van der Waals surface area contributed by atoms with E-state index < -0.39 is 30.2 Å². The highest BCUT2D eigenvalue weighted by molar-refractivity contribution is 5.92. The Morgan fingerprint density at radius 3 is 2.51 bits per heavy atom. The van der Waals surface area contributed by atoms with Crippen molar-refractivity contribution in [2.75, 3.05) is 13.7 Å². The van der Waals surface area contributed by atoms with Crippen LogP contribution in [0.3, 0.4) is 0 Å². The van der Waals surface area contributed by atoms with Crippen LogP contribution in [-0.2, 0) is 16.0 Å². The van der Waals surface area contributed by atoms with E-state index in [-0.39, 0.29) is 17.3 Å². The maximum atomic E-state index is 12.9. The lowest BCUT2D eigenvalue weighted by atomic mass is 10.1. The Hall–Kier alpha value is -3.25. The van der Waals surface area contributed by atoms with Crippen LogP contribution >= 0.6 is 0 Å². The van der Waals surface area contributed by atoms with Crippen molar-refractivity contribution < 1.29 is 32.2 Å². The number of methoxy groups -OCH3 is 1. The van der Waals surface area contributed by atoms with Crippen LogP contribution < -0.4 is 10.1 Å². The molecule has 0 radical (unpaired) electrons. The van der Waals surface area contributed by atoms with E-state index in [0.29, 0.717) is 30.2 Å². The predicted molar refractivity (Wildman–Crippen MR) is 121 cm³/mol. The third-order valence-corrected chi connectivity index (χ3v) is 5.17. The molecule has 2 atom stereocenters. The molecule has 2 heterocycles. The smallest absolute Gasteiger partial charge is 0.406 e. The topological polar surface area (TPSA) is 100 Å². The molecular formula is C23H28F3N5O4. The van der Waals surface area contributed by atoms with E-state index in [0.717, 1.165) is 0 Å². The first-order chi connectivity index (χ1) is 16.5. The molecule has 0 bridgehead atoms. The van der Waals surface area contributed by atoms with Gasteiger partial charge in [0, 0.05) is 25.9 Å². The predicted octanol–water partition coefficient (Wildman–Crippen LogP) is 3.96. The molecule has 0 spiro atoms. The first-order valence-corrected chi connectivity index (χ1v) is 11.0. The summed E-state index contributed by atoms with van der Waals surface area (Å²) >= 11 is 0. The maximum Gasteiger partial charge on any atom is 0.573 e. The maximum absolute atomic E-state index is 12.9. The van der Waals surface area contributed by atoms with Gasteiger partial charge in [0.1, 0.15) is 23.3 Å². The van der Waals surface area contributed by atoms with Crippen LogP contribution in [0.25, 0.3) is 11.0 Å². The second-order valence-electron chi connectivity index (χ2n) is 8.17. The fraction of sp³-hybridized carbons (Fsp3) is 0.478. The van der Waals surface area contributed by atoms with E-state index in [4.69, 9.17) is 9.47 Å². The summed E-state index contributed by atoms with van der Waals surface area (Å²) in [5.41, 5.74) is 1.59. The van der Waals surface area contributed by atoms with Crippen LogP contribution in [0, 0.1) is 6.92 Å². The lowest BCUT2D eigenvalue weighted by molar-refractivity contribution is -0.274. The highest BCUT2D eigenvalue weighted by atomic mass is 19.4. The largest absolute Gasteiger partial charge is 0.573 e. The molecule has 0 unspecified atom stereocenters. The van der Waals surface area contributed by atoms with Crippen LogP contribution in [0.2, 0.25) is 0 Å². The zero-order chi connectivity index (χ0) is 25.8. The zero-order valence-electron chi connectivity index (χ0n) is 20.1. The van der Waals surface area contributed by atoms with E-state index in [1.165, 1.54) is 37.7 Å². The van der Waals surface area contributed by atoms with E-state index in [2.05, 4.69) is 25.0 Å². The molecule has 3 aromatic rings. The Morgan fingerprint density at radius 1 is 1.17 bits per heavy atom. The van der Waals surface area contributed by atoms with Crippen molar-refractivity contribution in [2.45, 2.75) is 58.9 Å². The number of aromatic nitrogens is 4. The number of halogens is 3. The van der Waals surface area contributed by atoms with Gasteiger partial charge < -0.3 is 24.1 Å². The average molecular weight is 496 g/mol. The first-order valence-electron chi connectivity index (χ1n) is 11.0. The minimum absolute atomic E-state index is 0.0199. The molecule has 1 N–H and O–H groups in total. The Kier molecular flexibility index (Phi) is 8.28. The molecule has 1 amide bonds. The number of imidazole rings is 1. The number of carbonyl (C=O) groups is 1. The number of carbonyl (C=O) groups excluding carboxylic acids is 1. The highest BCUT2D eigenvalue weighted by Crippen LogP contribution is 2.30. The summed E-state index contributed by atoms with van der Waals surface area (Å²) in [6, 6.07) is 3.16. The number of nitrogens with zero attached hydrogens (tertiary/aromatic N) is 4. The van der Waals surface area contributed by atoms with Gasteiger partial charge in [-0.1, -0.05) is 0 Å². The number of nitrogens with one attached hydrogen (secondary N) is 1. The molecule has 9 nitrogen and oxygen atoms in total. The summed E-state index contributed by atoms with van der Waals surface area (Å²) in [5.74, 6) is -0.501. The summed E-state index contributed by atoms with van der Waals surface area (Å²) in [5, 5.41) is 2.87. The van der Waals surface area contributed by atoms with E-state index >= 15 is 0 Å². The second-order valence-corrected chi connectivity index (χ2v) is 8.17. The Labute approximate surface area is 200 Å². The van der Waals surface area contributed by atoms with Gasteiger partial charge in [0.25, 0.3) is 5.91 Å². The van der Waals surface area contributed by atoms with Gasteiger partial charge in [-0.25, -0.2) is 9.97 Å². The van der Waals surface area contributed by atoms with Crippen LogP contribution in [-0.4, -0.2) is 57.7 Å². The van der Waals surface area contributed by atoms with E-state index in [1.54, 1.807) is 18.4 Å². The molecule has 12 heteroatoms. The fourth-order valence-corrected chi connectivity index (χ4v) is 3.43. The van der Waals surface area contributed by atoms with E-state index in [1.807, 2.05) is 13.8 Å². The number of alkyl halides is 3. The fourth-order valence-electron chi connectivity index (χ4n) is 3.43. The van der Waals surface area contributed by atoms with Gasteiger partial charge in [0.05, 0.1) is 41.7 Å². The van der Waals surface area contributed by atoms with Crippen molar-refractivity contribution in [3.05, 3.63) is 47.8 Å². The molecule has 0 fully saturated rings. The van der Waals surface area contributed by atoms with Crippen molar-refractivity contribution in [3.63, 3.8) is 0 Å². The van der Waals surface area contributed by atoms with E-state index in [9.17, 15) is 18.0 Å².